The Morgan fingerprint density at radius 2 is 1.67 bits per heavy atom. The molecule has 1 aromatic carbocycles. The molecule has 10 heteroatoms. The van der Waals surface area contributed by atoms with Crippen LogP contribution in [0.5, 0.6) is 0 Å². The molecule has 5 rings (SSSR count). The number of hydrogen-bond acceptors (Lipinski definition) is 9. The quantitative estimate of drug-likeness (QED) is 0.611. The molecule has 1 N–H and O–H groups in total. The van der Waals surface area contributed by atoms with E-state index in [0.717, 1.165) is 72.0 Å². The molecule has 156 valence electrons. The third-order valence-corrected chi connectivity index (χ3v) is 6.41. The van der Waals surface area contributed by atoms with Crippen molar-refractivity contribution in [3.05, 3.63) is 35.6 Å². The number of halogens is 1. The first-order chi connectivity index (χ1) is 14.8. The number of fused-ring (bicyclic) bond motifs is 1. The van der Waals surface area contributed by atoms with Gasteiger partial charge in [0.2, 0.25) is 5.95 Å². The highest BCUT2D eigenvalue weighted by atomic mass is 35.5. The van der Waals surface area contributed by atoms with E-state index in [9.17, 15) is 0 Å². The topological polar surface area (TPSA) is 79.3 Å². The number of hydrogen-bond donors (Lipinski definition) is 1. The first-order valence-corrected chi connectivity index (χ1v) is 11.2. The molecule has 0 amide bonds. The second-order valence-corrected chi connectivity index (χ2v) is 8.61. The van der Waals surface area contributed by atoms with E-state index in [1.54, 1.807) is 18.1 Å². The van der Waals surface area contributed by atoms with Crippen LogP contribution in [0.1, 0.15) is 0 Å². The minimum absolute atomic E-state index is 0.686. The van der Waals surface area contributed by atoms with Crippen molar-refractivity contribution in [2.75, 3.05) is 62.3 Å². The Balaban J connectivity index is 1.60. The minimum atomic E-state index is 0.686. The highest BCUT2D eigenvalue weighted by Gasteiger charge is 2.23. The highest BCUT2D eigenvalue weighted by Crippen LogP contribution is 2.34. The predicted octanol–water partition coefficient (Wildman–Crippen LogP) is 2.47. The van der Waals surface area contributed by atoms with E-state index < -0.39 is 0 Å². The molecule has 0 atom stereocenters. The van der Waals surface area contributed by atoms with Gasteiger partial charge < -0.3 is 19.9 Å². The number of piperazine rings is 1. The molecule has 0 unspecified atom stereocenters. The largest absolute Gasteiger partial charge is 0.378 e. The molecule has 30 heavy (non-hydrogen) atoms. The normalized spacial score (nSPS) is 17.5. The van der Waals surface area contributed by atoms with Gasteiger partial charge in [-0.3, -0.25) is 0 Å². The van der Waals surface area contributed by atoms with Crippen molar-refractivity contribution >= 4 is 46.2 Å². The molecule has 4 heterocycles. The first-order valence-electron chi connectivity index (χ1n) is 10.0. The van der Waals surface area contributed by atoms with Crippen molar-refractivity contribution in [2.24, 2.45) is 0 Å². The molecule has 0 spiro atoms. The maximum absolute atomic E-state index is 6.04. The average molecular weight is 444 g/mol. The standard InChI is InChI=1S/C20H22ClN7OS/c21-14-1-3-15(4-2-14)30-19-17-16(23-13-24-19)18(27-9-11-29-12-10-27)26-20(25-17)28-7-5-22-6-8-28/h1-4,13,22H,5-12H2. The lowest BCUT2D eigenvalue weighted by Gasteiger charge is -2.31. The zero-order valence-electron chi connectivity index (χ0n) is 16.4. The number of nitrogens with zero attached hydrogens (tertiary/aromatic N) is 6. The molecule has 0 radical (unpaired) electrons. The van der Waals surface area contributed by atoms with Crippen LogP contribution in [0.2, 0.25) is 5.02 Å². The number of nitrogens with one attached hydrogen (secondary N) is 1. The SMILES string of the molecule is Clc1ccc(Sc2ncnc3c(N4CCOCC4)nc(N4CCNCC4)nc23)cc1. The summed E-state index contributed by atoms with van der Waals surface area (Å²) in [6.07, 6.45) is 1.60. The predicted molar refractivity (Wildman–Crippen MR) is 119 cm³/mol. The lowest BCUT2D eigenvalue weighted by atomic mass is 10.3. The molecule has 2 aliphatic rings. The summed E-state index contributed by atoms with van der Waals surface area (Å²) < 4.78 is 5.54. The van der Waals surface area contributed by atoms with Crippen LogP contribution in [-0.2, 0) is 4.74 Å². The second-order valence-electron chi connectivity index (χ2n) is 7.12. The van der Waals surface area contributed by atoms with Crippen LogP contribution in [0.25, 0.3) is 11.0 Å². The van der Waals surface area contributed by atoms with Gasteiger partial charge in [-0.15, -0.1) is 0 Å². The number of morpholine rings is 1. The maximum Gasteiger partial charge on any atom is 0.228 e. The lowest BCUT2D eigenvalue weighted by molar-refractivity contribution is 0.122. The monoisotopic (exact) mass is 443 g/mol. The van der Waals surface area contributed by atoms with Gasteiger partial charge in [0, 0.05) is 49.2 Å². The van der Waals surface area contributed by atoms with Crippen molar-refractivity contribution in [3.63, 3.8) is 0 Å². The summed E-state index contributed by atoms with van der Waals surface area (Å²) >= 11 is 7.60. The summed E-state index contributed by atoms with van der Waals surface area (Å²) in [7, 11) is 0. The molecular formula is C20H22ClN7OS. The van der Waals surface area contributed by atoms with Crippen LogP contribution < -0.4 is 15.1 Å². The van der Waals surface area contributed by atoms with Crippen molar-refractivity contribution in [2.45, 2.75) is 9.92 Å². The van der Waals surface area contributed by atoms with Gasteiger partial charge in [-0.2, -0.15) is 4.98 Å². The Bertz CT molecular complexity index is 1020. The third-order valence-electron chi connectivity index (χ3n) is 5.16. The van der Waals surface area contributed by atoms with Crippen molar-refractivity contribution in [3.8, 4) is 0 Å². The van der Waals surface area contributed by atoms with Crippen LogP contribution in [-0.4, -0.2) is 72.4 Å². The number of ether oxygens (including phenoxy) is 1. The summed E-state index contributed by atoms with van der Waals surface area (Å²) in [5.74, 6) is 1.59. The molecule has 3 aromatic rings. The van der Waals surface area contributed by atoms with Crippen molar-refractivity contribution in [1.82, 2.24) is 25.3 Å². The van der Waals surface area contributed by atoms with Gasteiger partial charge in [-0.05, 0) is 24.3 Å². The average Bonchev–Trinajstić information content (AvgIpc) is 2.81. The molecule has 0 bridgehead atoms. The Morgan fingerprint density at radius 1 is 0.900 bits per heavy atom. The van der Waals surface area contributed by atoms with Gasteiger partial charge in [-0.1, -0.05) is 23.4 Å². The summed E-state index contributed by atoms with van der Waals surface area (Å²) in [6, 6.07) is 7.74. The van der Waals surface area contributed by atoms with Crippen LogP contribution in [0.15, 0.2) is 40.5 Å². The molecule has 0 saturated carbocycles. The van der Waals surface area contributed by atoms with Gasteiger partial charge in [-0.25, -0.2) is 15.0 Å². The Hall–Kier alpha value is -2.20. The van der Waals surface area contributed by atoms with Crippen LogP contribution in [0, 0.1) is 0 Å². The fourth-order valence-corrected chi connectivity index (χ4v) is 4.55. The van der Waals surface area contributed by atoms with E-state index in [-0.39, 0.29) is 0 Å². The number of anilines is 2. The fraction of sp³-hybridized carbons (Fsp3) is 0.400. The Labute approximate surface area is 184 Å². The van der Waals surface area contributed by atoms with E-state index in [1.165, 1.54) is 0 Å². The van der Waals surface area contributed by atoms with Crippen molar-refractivity contribution < 1.29 is 4.74 Å². The number of aromatic nitrogens is 4. The first kappa shape index (κ1) is 19.7. The molecule has 2 aromatic heterocycles. The number of rotatable bonds is 4. The smallest absolute Gasteiger partial charge is 0.228 e. The van der Waals surface area contributed by atoms with Gasteiger partial charge in [0.05, 0.1) is 13.2 Å². The van der Waals surface area contributed by atoms with E-state index in [2.05, 4.69) is 25.1 Å². The van der Waals surface area contributed by atoms with Gasteiger partial charge in [0.25, 0.3) is 0 Å². The molecule has 2 fully saturated rings. The third kappa shape index (κ3) is 4.15. The van der Waals surface area contributed by atoms with Crippen LogP contribution >= 0.6 is 23.4 Å². The zero-order chi connectivity index (χ0) is 20.3. The highest BCUT2D eigenvalue weighted by molar-refractivity contribution is 7.99. The summed E-state index contributed by atoms with van der Waals surface area (Å²) in [5, 5.41) is 4.91. The van der Waals surface area contributed by atoms with Gasteiger partial charge in [0.15, 0.2) is 5.82 Å². The van der Waals surface area contributed by atoms with Crippen molar-refractivity contribution in [1.29, 1.82) is 0 Å². The second kappa shape index (κ2) is 8.89. The summed E-state index contributed by atoms with van der Waals surface area (Å²) in [5.41, 5.74) is 1.56. The Kier molecular flexibility index (Phi) is 5.85. The van der Waals surface area contributed by atoms with Crippen LogP contribution in [0.3, 0.4) is 0 Å². The minimum Gasteiger partial charge on any atom is -0.378 e. The van der Waals surface area contributed by atoms with Crippen LogP contribution in [0.4, 0.5) is 11.8 Å². The van der Waals surface area contributed by atoms with E-state index >= 15 is 0 Å². The molecule has 2 saturated heterocycles. The Morgan fingerprint density at radius 3 is 2.43 bits per heavy atom. The molecule has 0 aliphatic carbocycles. The zero-order valence-corrected chi connectivity index (χ0v) is 18.0. The molecular weight excluding hydrogens is 422 g/mol. The van der Waals surface area contributed by atoms with Gasteiger partial charge in [0.1, 0.15) is 22.4 Å². The number of benzene rings is 1. The summed E-state index contributed by atoms with van der Waals surface area (Å²) in [6.45, 7) is 6.55. The lowest BCUT2D eigenvalue weighted by Crippen LogP contribution is -2.44. The summed E-state index contributed by atoms with van der Waals surface area (Å²) in [4.78, 5) is 24.5. The van der Waals surface area contributed by atoms with E-state index in [1.807, 2.05) is 24.3 Å². The molecule has 2 aliphatic heterocycles. The maximum atomic E-state index is 6.04. The van der Waals surface area contributed by atoms with E-state index in [0.29, 0.717) is 18.2 Å². The van der Waals surface area contributed by atoms with E-state index in [4.69, 9.17) is 26.3 Å². The van der Waals surface area contributed by atoms with Gasteiger partial charge >= 0.3 is 0 Å². The molecule has 8 nitrogen and oxygen atoms in total. The fourth-order valence-electron chi connectivity index (χ4n) is 3.59.